The van der Waals surface area contributed by atoms with Crippen molar-refractivity contribution in [2.75, 3.05) is 10.6 Å². The van der Waals surface area contributed by atoms with E-state index in [9.17, 15) is 9.59 Å². The molecule has 112 valence electrons. The van der Waals surface area contributed by atoms with Crippen molar-refractivity contribution in [1.82, 2.24) is 0 Å². The molecule has 0 aromatic carbocycles. The summed E-state index contributed by atoms with van der Waals surface area (Å²) in [5.41, 5.74) is -0.116. The number of aryl methyl sites for hydroxylation is 1. The minimum absolute atomic E-state index is 0.0348. The van der Waals surface area contributed by atoms with Crippen LogP contribution in [0.1, 0.15) is 46.4 Å². The average molecular weight is 296 g/mol. The summed E-state index contributed by atoms with van der Waals surface area (Å²) >= 11 is 1.46. The second-order valence-electron chi connectivity index (χ2n) is 6.99. The minimum Gasteiger partial charge on any atom is -0.325 e. The number of hydrogen-bond acceptors (Lipinski definition) is 3. The molecule has 0 spiro atoms. The molecule has 0 saturated carbocycles. The molecule has 0 aliphatic carbocycles. The third-order valence-electron chi connectivity index (χ3n) is 2.77. The summed E-state index contributed by atoms with van der Waals surface area (Å²) in [6.07, 6.45) is 0. The Hall–Kier alpha value is -1.36. The molecular formula is C15H24N2O2S. The lowest BCUT2D eigenvalue weighted by atomic mass is 9.95. The van der Waals surface area contributed by atoms with E-state index in [4.69, 9.17) is 0 Å². The highest BCUT2D eigenvalue weighted by Crippen LogP contribution is 2.32. The Labute approximate surface area is 125 Å². The molecule has 0 unspecified atom stereocenters. The zero-order valence-corrected chi connectivity index (χ0v) is 14.1. The molecule has 4 nitrogen and oxygen atoms in total. The van der Waals surface area contributed by atoms with Gasteiger partial charge in [-0.2, -0.15) is 0 Å². The van der Waals surface area contributed by atoms with Gasteiger partial charge in [-0.3, -0.25) is 9.59 Å². The predicted molar refractivity (Wildman–Crippen MR) is 85.2 cm³/mol. The summed E-state index contributed by atoms with van der Waals surface area (Å²) in [5.74, 6) is -0.0699. The Morgan fingerprint density at radius 2 is 1.40 bits per heavy atom. The molecule has 1 heterocycles. The van der Waals surface area contributed by atoms with Gasteiger partial charge in [-0.05, 0) is 13.0 Å². The molecule has 0 saturated heterocycles. The lowest BCUT2D eigenvalue weighted by Crippen LogP contribution is -2.28. The Kier molecular flexibility index (Phi) is 4.64. The highest BCUT2D eigenvalue weighted by Gasteiger charge is 2.24. The second kappa shape index (κ2) is 5.56. The van der Waals surface area contributed by atoms with Crippen molar-refractivity contribution in [2.45, 2.75) is 48.5 Å². The molecular weight excluding hydrogens is 272 g/mol. The summed E-state index contributed by atoms with van der Waals surface area (Å²) in [5, 5.41) is 6.54. The Morgan fingerprint density at radius 1 is 0.950 bits per heavy atom. The van der Waals surface area contributed by atoms with Crippen molar-refractivity contribution in [1.29, 1.82) is 0 Å². The lowest BCUT2D eigenvalue weighted by Gasteiger charge is -2.17. The van der Waals surface area contributed by atoms with Gasteiger partial charge in [-0.25, -0.2) is 0 Å². The molecule has 2 amide bonds. The van der Waals surface area contributed by atoms with Gasteiger partial charge >= 0.3 is 0 Å². The third kappa shape index (κ3) is 4.34. The predicted octanol–water partition coefficient (Wildman–Crippen LogP) is 4.03. The van der Waals surface area contributed by atoms with E-state index < -0.39 is 10.8 Å². The van der Waals surface area contributed by atoms with Crippen molar-refractivity contribution >= 4 is 33.8 Å². The Balaban J connectivity index is 2.84. The van der Waals surface area contributed by atoms with E-state index in [1.807, 2.05) is 54.5 Å². The zero-order chi connectivity index (χ0) is 15.7. The van der Waals surface area contributed by atoms with Gasteiger partial charge < -0.3 is 10.6 Å². The fourth-order valence-electron chi connectivity index (χ4n) is 1.28. The van der Waals surface area contributed by atoms with Crippen LogP contribution in [0.3, 0.4) is 0 Å². The van der Waals surface area contributed by atoms with Crippen molar-refractivity contribution in [3.05, 3.63) is 10.9 Å². The maximum absolute atomic E-state index is 12.0. The standard InChI is InChI=1S/C15H24N2O2S/c1-9-10(16-12(18)14(2,3)4)8-11(20-9)17-13(19)15(5,6)7/h8H,1-7H3,(H,16,18)(H,17,19). The number of nitrogens with one attached hydrogen (secondary N) is 2. The number of carbonyl (C=O) groups excluding carboxylic acids is 2. The molecule has 1 aromatic heterocycles. The zero-order valence-electron chi connectivity index (χ0n) is 13.3. The molecule has 1 rings (SSSR count). The number of thiophene rings is 1. The highest BCUT2D eigenvalue weighted by molar-refractivity contribution is 7.16. The SMILES string of the molecule is Cc1sc(NC(=O)C(C)(C)C)cc1NC(=O)C(C)(C)C. The lowest BCUT2D eigenvalue weighted by molar-refractivity contribution is -0.123. The molecule has 0 aliphatic heterocycles. The largest absolute Gasteiger partial charge is 0.325 e. The van der Waals surface area contributed by atoms with E-state index in [2.05, 4.69) is 10.6 Å². The van der Waals surface area contributed by atoms with Gasteiger partial charge in [-0.15, -0.1) is 11.3 Å². The van der Waals surface area contributed by atoms with Crippen LogP contribution < -0.4 is 10.6 Å². The van der Waals surface area contributed by atoms with E-state index in [-0.39, 0.29) is 11.8 Å². The Morgan fingerprint density at radius 3 is 1.85 bits per heavy atom. The first-order valence-electron chi connectivity index (χ1n) is 6.64. The quantitative estimate of drug-likeness (QED) is 0.865. The maximum Gasteiger partial charge on any atom is 0.230 e. The van der Waals surface area contributed by atoms with E-state index in [0.717, 1.165) is 15.6 Å². The maximum atomic E-state index is 12.0. The van der Waals surface area contributed by atoms with Gasteiger partial charge in [0, 0.05) is 15.7 Å². The first-order valence-corrected chi connectivity index (χ1v) is 7.46. The molecule has 1 aromatic rings. The van der Waals surface area contributed by atoms with E-state index in [1.54, 1.807) is 0 Å². The smallest absolute Gasteiger partial charge is 0.230 e. The van der Waals surface area contributed by atoms with Gasteiger partial charge in [0.25, 0.3) is 0 Å². The average Bonchev–Trinajstić information content (AvgIpc) is 2.56. The van der Waals surface area contributed by atoms with Crippen LogP contribution in [0.5, 0.6) is 0 Å². The minimum atomic E-state index is -0.441. The first kappa shape index (κ1) is 16.7. The normalized spacial score (nSPS) is 12.2. The first-order chi connectivity index (χ1) is 8.91. The summed E-state index contributed by atoms with van der Waals surface area (Å²) in [6.45, 7) is 13.1. The monoisotopic (exact) mass is 296 g/mol. The summed E-state index contributed by atoms with van der Waals surface area (Å²) in [7, 11) is 0. The van der Waals surface area contributed by atoms with Gasteiger partial charge in [0.05, 0.1) is 10.7 Å². The van der Waals surface area contributed by atoms with Crippen LogP contribution in [0.15, 0.2) is 6.07 Å². The Bertz CT molecular complexity index is 519. The van der Waals surface area contributed by atoms with E-state index in [0.29, 0.717) is 0 Å². The van der Waals surface area contributed by atoms with Crippen molar-refractivity contribution < 1.29 is 9.59 Å². The molecule has 0 aliphatic rings. The van der Waals surface area contributed by atoms with Crippen LogP contribution in [0.25, 0.3) is 0 Å². The molecule has 2 N–H and O–H groups in total. The molecule has 0 radical (unpaired) electrons. The van der Waals surface area contributed by atoms with Gasteiger partial charge in [0.2, 0.25) is 11.8 Å². The van der Waals surface area contributed by atoms with Crippen LogP contribution in [0.4, 0.5) is 10.7 Å². The van der Waals surface area contributed by atoms with Crippen LogP contribution >= 0.6 is 11.3 Å². The van der Waals surface area contributed by atoms with Crippen molar-refractivity contribution in [3.8, 4) is 0 Å². The number of anilines is 2. The fourth-order valence-corrected chi connectivity index (χ4v) is 2.15. The van der Waals surface area contributed by atoms with Crippen molar-refractivity contribution in [2.24, 2.45) is 10.8 Å². The van der Waals surface area contributed by atoms with Crippen LogP contribution in [-0.2, 0) is 9.59 Å². The van der Waals surface area contributed by atoms with Gasteiger partial charge in [-0.1, -0.05) is 41.5 Å². The number of rotatable bonds is 2. The van der Waals surface area contributed by atoms with Crippen LogP contribution in [-0.4, -0.2) is 11.8 Å². The molecule has 5 heteroatoms. The summed E-state index contributed by atoms with van der Waals surface area (Å²) in [4.78, 5) is 24.9. The van der Waals surface area contributed by atoms with Crippen LogP contribution in [0, 0.1) is 17.8 Å². The molecule has 0 fully saturated rings. The van der Waals surface area contributed by atoms with Crippen molar-refractivity contribution in [3.63, 3.8) is 0 Å². The second-order valence-corrected chi connectivity index (χ2v) is 8.25. The fraction of sp³-hybridized carbons (Fsp3) is 0.600. The third-order valence-corrected chi connectivity index (χ3v) is 3.73. The van der Waals surface area contributed by atoms with Gasteiger partial charge in [0.1, 0.15) is 0 Å². The number of carbonyl (C=O) groups is 2. The van der Waals surface area contributed by atoms with Gasteiger partial charge in [0.15, 0.2) is 0 Å². The topological polar surface area (TPSA) is 58.2 Å². The summed E-state index contributed by atoms with van der Waals surface area (Å²) < 4.78 is 0. The molecule has 0 atom stereocenters. The highest BCUT2D eigenvalue weighted by atomic mass is 32.1. The number of hydrogen-bond donors (Lipinski definition) is 2. The van der Waals surface area contributed by atoms with E-state index >= 15 is 0 Å². The summed E-state index contributed by atoms with van der Waals surface area (Å²) in [6, 6.07) is 1.81. The molecule has 0 bridgehead atoms. The van der Waals surface area contributed by atoms with Crippen LogP contribution in [0.2, 0.25) is 0 Å². The number of amides is 2. The molecule has 20 heavy (non-hydrogen) atoms. The van der Waals surface area contributed by atoms with E-state index in [1.165, 1.54) is 11.3 Å².